The normalized spacial score (nSPS) is 11.7. The molecular formula is C15H21N3O2. The molecule has 20 heavy (non-hydrogen) atoms. The molecule has 0 aliphatic heterocycles. The van der Waals surface area contributed by atoms with Crippen LogP contribution < -0.4 is 5.32 Å². The highest BCUT2D eigenvalue weighted by atomic mass is 16.2. The van der Waals surface area contributed by atoms with Gasteiger partial charge in [0.05, 0.1) is 17.7 Å². The van der Waals surface area contributed by atoms with Gasteiger partial charge in [0.1, 0.15) is 0 Å². The molecule has 0 bridgehead atoms. The number of carbonyl (C=O) groups is 1. The Morgan fingerprint density at radius 2 is 2.30 bits per heavy atom. The molecule has 1 unspecified atom stereocenters. The molecule has 1 aromatic heterocycles. The van der Waals surface area contributed by atoms with Gasteiger partial charge in [-0.15, -0.1) is 0 Å². The molecule has 0 aromatic carbocycles. The molecule has 1 atom stereocenters. The van der Waals surface area contributed by atoms with Crippen LogP contribution >= 0.6 is 0 Å². The molecular weight excluding hydrogens is 254 g/mol. The van der Waals surface area contributed by atoms with Gasteiger partial charge < -0.3 is 15.3 Å². The fourth-order valence-corrected chi connectivity index (χ4v) is 1.80. The van der Waals surface area contributed by atoms with Crippen molar-refractivity contribution in [2.45, 2.75) is 19.4 Å². The summed E-state index contributed by atoms with van der Waals surface area (Å²) in [5, 5.41) is 11.7. The van der Waals surface area contributed by atoms with Gasteiger partial charge in [0.15, 0.2) is 0 Å². The number of carbonyl (C=O) groups excluding carboxylic acids is 1. The van der Waals surface area contributed by atoms with Crippen LogP contribution in [0.15, 0.2) is 18.5 Å². The summed E-state index contributed by atoms with van der Waals surface area (Å²) in [6, 6.07) is 1.70. The zero-order valence-electron chi connectivity index (χ0n) is 12.2. The van der Waals surface area contributed by atoms with Crippen LogP contribution in [0.4, 0.5) is 0 Å². The highest BCUT2D eigenvalue weighted by molar-refractivity contribution is 5.96. The third-order valence-electron chi connectivity index (χ3n) is 2.54. The monoisotopic (exact) mass is 275 g/mol. The van der Waals surface area contributed by atoms with E-state index in [9.17, 15) is 4.79 Å². The number of nitrogens with one attached hydrogen (secondary N) is 1. The SMILES string of the molecule is CC(CN(C)C)NC(=O)c1ccncc1C#CCCO. The van der Waals surface area contributed by atoms with Gasteiger partial charge in [0.2, 0.25) is 0 Å². The Labute approximate surface area is 120 Å². The summed E-state index contributed by atoms with van der Waals surface area (Å²) < 4.78 is 0. The van der Waals surface area contributed by atoms with Gasteiger partial charge in [-0.1, -0.05) is 11.8 Å². The predicted octanol–water partition coefficient (Wildman–Crippen LogP) is 0.495. The number of nitrogens with zero attached hydrogens (tertiary/aromatic N) is 2. The number of hydrogen-bond donors (Lipinski definition) is 2. The molecule has 0 fully saturated rings. The van der Waals surface area contributed by atoms with Crippen molar-refractivity contribution in [2.75, 3.05) is 27.2 Å². The zero-order valence-corrected chi connectivity index (χ0v) is 12.2. The molecule has 5 nitrogen and oxygen atoms in total. The topological polar surface area (TPSA) is 65.5 Å². The van der Waals surface area contributed by atoms with Crippen molar-refractivity contribution in [3.8, 4) is 11.8 Å². The molecule has 0 aliphatic carbocycles. The van der Waals surface area contributed by atoms with E-state index >= 15 is 0 Å². The summed E-state index contributed by atoms with van der Waals surface area (Å²) in [6.07, 6.45) is 3.52. The number of aliphatic hydroxyl groups is 1. The fraction of sp³-hybridized carbons (Fsp3) is 0.467. The van der Waals surface area contributed by atoms with Crippen molar-refractivity contribution in [3.05, 3.63) is 29.6 Å². The van der Waals surface area contributed by atoms with Crippen molar-refractivity contribution >= 4 is 5.91 Å². The second-order valence-electron chi connectivity index (χ2n) is 4.83. The van der Waals surface area contributed by atoms with Gasteiger partial charge in [-0.2, -0.15) is 0 Å². The highest BCUT2D eigenvalue weighted by Gasteiger charge is 2.13. The molecule has 1 rings (SSSR count). The van der Waals surface area contributed by atoms with E-state index < -0.39 is 0 Å². The maximum Gasteiger partial charge on any atom is 0.252 e. The summed E-state index contributed by atoms with van der Waals surface area (Å²) in [7, 11) is 3.92. The molecule has 1 heterocycles. The minimum Gasteiger partial charge on any atom is -0.395 e. The van der Waals surface area contributed by atoms with Crippen molar-refractivity contribution in [1.82, 2.24) is 15.2 Å². The Hall–Kier alpha value is -1.90. The molecule has 2 N–H and O–H groups in total. The van der Waals surface area contributed by atoms with Crippen molar-refractivity contribution in [2.24, 2.45) is 0 Å². The van der Waals surface area contributed by atoms with Gasteiger partial charge in [0.25, 0.3) is 5.91 Å². The zero-order chi connectivity index (χ0) is 15.0. The Balaban J connectivity index is 2.80. The lowest BCUT2D eigenvalue weighted by Crippen LogP contribution is -2.39. The standard InChI is InChI=1S/C15H21N3O2/c1-12(11-18(2)3)17-15(20)14-7-8-16-10-13(14)6-4-5-9-19/h7-8,10,12,19H,5,9,11H2,1-3H3,(H,17,20). The van der Waals surface area contributed by atoms with Crippen LogP contribution in [-0.2, 0) is 0 Å². The average Bonchev–Trinajstić information content (AvgIpc) is 2.38. The lowest BCUT2D eigenvalue weighted by molar-refractivity contribution is 0.0934. The van der Waals surface area contributed by atoms with Gasteiger partial charge >= 0.3 is 0 Å². The Morgan fingerprint density at radius 1 is 1.55 bits per heavy atom. The molecule has 108 valence electrons. The number of likely N-dealkylation sites (N-methyl/N-ethyl adjacent to an activating group) is 1. The first-order valence-corrected chi connectivity index (χ1v) is 6.54. The first-order chi connectivity index (χ1) is 9.54. The van der Waals surface area contributed by atoms with Gasteiger partial charge in [-0.25, -0.2) is 0 Å². The van der Waals surface area contributed by atoms with E-state index in [-0.39, 0.29) is 18.6 Å². The lowest BCUT2D eigenvalue weighted by atomic mass is 10.1. The van der Waals surface area contributed by atoms with E-state index in [1.807, 2.05) is 25.9 Å². The van der Waals surface area contributed by atoms with Crippen LogP contribution in [0.5, 0.6) is 0 Å². The number of amides is 1. The quantitative estimate of drug-likeness (QED) is 0.768. The molecule has 0 aliphatic rings. The van der Waals surface area contributed by atoms with E-state index in [4.69, 9.17) is 5.11 Å². The fourth-order valence-electron chi connectivity index (χ4n) is 1.80. The second-order valence-corrected chi connectivity index (χ2v) is 4.83. The van der Waals surface area contributed by atoms with Crippen molar-refractivity contribution in [3.63, 3.8) is 0 Å². The lowest BCUT2D eigenvalue weighted by Gasteiger charge is -2.18. The number of pyridine rings is 1. The second kappa shape index (κ2) is 8.31. The molecule has 5 heteroatoms. The van der Waals surface area contributed by atoms with Crippen LogP contribution in [0.25, 0.3) is 0 Å². The number of aromatic nitrogens is 1. The van der Waals surface area contributed by atoms with Crippen LogP contribution in [0, 0.1) is 11.8 Å². The molecule has 0 spiro atoms. The summed E-state index contributed by atoms with van der Waals surface area (Å²) in [6.45, 7) is 2.73. The predicted molar refractivity (Wildman–Crippen MR) is 78.3 cm³/mol. The third-order valence-corrected chi connectivity index (χ3v) is 2.54. The smallest absolute Gasteiger partial charge is 0.252 e. The maximum atomic E-state index is 12.2. The minimum atomic E-state index is -0.157. The van der Waals surface area contributed by atoms with Crippen LogP contribution in [-0.4, -0.2) is 54.2 Å². The summed E-state index contributed by atoms with van der Waals surface area (Å²) in [4.78, 5) is 18.2. The maximum absolute atomic E-state index is 12.2. The Morgan fingerprint density at radius 3 is 2.95 bits per heavy atom. The molecule has 0 saturated carbocycles. The van der Waals surface area contributed by atoms with E-state index in [2.05, 4.69) is 22.1 Å². The number of aliphatic hydroxyl groups excluding tert-OH is 1. The average molecular weight is 275 g/mol. The summed E-state index contributed by atoms with van der Waals surface area (Å²) >= 11 is 0. The molecule has 1 aromatic rings. The minimum absolute atomic E-state index is 0.00859. The number of rotatable bonds is 5. The third kappa shape index (κ3) is 5.39. The van der Waals surface area contributed by atoms with E-state index in [1.54, 1.807) is 18.5 Å². The van der Waals surface area contributed by atoms with E-state index in [1.165, 1.54) is 0 Å². The highest BCUT2D eigenvalue weighted by Crippen LogP contribution is 2.06. The van der Waals surface area contributed by atoms with Crippen LogP contribution in [0.2, 0.25) is 0 Å². The van der Waals surface area contributed by atoms with E-state index in [0.29, 0.717) is 17.5 Å². The largest absolute Gasteiger partial charge is 0.395 e. The molecule has 0 radical (unpaired) electrons. The van der Waals surface area contributed by atoms with Crippen LogP contribution in [0.1, 0.15) is 29.3 Å². The van der Waals surface area contributed by atoms with Crippen molar-refractivity contribution < 1.29 is 9.90 Å². The summed E-state index contributed by atoms with van der Waals surface area (Å²) in [5.74, 6) is 5.51. The van der Waals surface area contributed by atoms with Crippen LogP contribution in [0.3, 0.4) is 0 Å². The van der Waals surface area contributed by atoms with Gasteiger partial charge in [0, 0.05) is 31.4 Å². The molecule has 0 saturated heterocycles. The van der Waals surface area contributed by atoms with Crippen molar-refractivity contribution in [1.29, 1.82) is 0 Å². The Bertz CT molecular complexity index is 503. The molecule has 1 amide bonds. The number of hydrogen-bond acceptors (Lipinski definition) is 4. The van der Waals surface area contributed by atoms with Gasteiger partial charge in [-0.3, -0.25) is 9.78 Å². The first kappa shape index (κ1) is 16.2. The summed E-state index contributed by atoms with van der Waals surface area (Å²) in [5.41, 5.74) is 1.09. The first-order valence-electron chi connectivity index (χ1n) is 6.54. The van der Waals surface area contributed by atoms with Gasteiger partial charge in [-0.05, 0) is 27.1 Å². The Kier molecular flexibility index (Phi) is 6.71. The van der Waals surface area contributed by atoms with E-state index in [0.717, 1.165) is 6.54 Å².